The third-order valence-electron chi connectivity index (χ3n) is 5.90. The van der Waals surface area contributed by atoms with Crippen molar-refractivity contribution in [1.29, 1.82) is 0 Å². The van der Waals surface area contributed by atoms with E-state index in [1.165, 1.54) is 4.31 Å². The molecule has 2 aliphatic heterocycles. The maximum atomic E-state index is 13.4. The largest absolute Gasteiger partial charge is 0.454 e. The molecule has 33 heavy (non-hydrogen) atoms. The summed E-state index contributed by atoms with van der Waals surface area (Å²) in [7, 11) is -3.69. The van der Waals surface area contributed by atoms with Crippen LogP contribution in [0, 0.1) is 0 Å². The van der Waals surface area contributed by atoms with Crippen LogP contribution in [0.5, 0.6) is 11.5 Å². The molecule has 0 aliphatic carbocycles. The highest BCUT2D eigenvalue weighted by Gasteiger charge is 2.35. The van der Waals surface area contributed by atoms with Gasteiger partial charge in [-0.05, 0) is 42.3 Å². The first kappa shape index (κ1) is 23.7. The SMILES string of the molecule is CC[C@@H](C(=O)N1CCN(Cc2ccc3c(c2)OCO3)CC1)N(c1cccc(Cl)c1)S(C)(=O)=O. The Morgan fingerprint density at radius 1 is 1.09 bits per heavy atom. The molecular weight excluding hydrogens is 466 g/mol. The summed E-state index contributed by atoms with van der Waals surface area (Å²) in [6, 6.07) is 11.7. The van der Waals surface area contributed by atoms with Gasteiger partial charge in [0, 0.05) is 37.7 Å². The Morgan fingerprint density at radius 3 is 2.48 bits per heavy atom. The number of piperazine rings is 1. The number of nitrogens with zero attached hydrogens (tertiary/aromatic N) is 3. The summed E-state index contributed by atoms with van der Waals surface area (Å²) in [4.78, 5) is 17.4. The van der Waals surface area contributed by atoms with Crippen molar-refractivity contribution in [3.05, 3.63) is 53.1 Å². The van der Waals surface area contributed by atoms with Crippen LogP contribution in [0.25, 0.3) is 0 Å². The van der Waals surface area contributed by atoms with E-state index in [1.807, 2.05) is 25.1 Å². The van der Waals surface area contributed by atoms with Gasteiger partial charge >= 0.3 is 0 Å². The van der Waals surface area contributed by atoms with Crippen LogP contribution < -0.4 is 13.8 Å². The van der Waals surface area contributed by atoms with Crippen molar-refractivity contribution in [2.75, 3.05) is 43.5 Å². The van der Waals surface area contributed by atoms with Gasteiger partial charge in [-0.25, -0.2) is 8.42 Å². The normalized spacial score (nSPS) is 17.1. The highest BCUT2D eigenvalue weighted by molar-refractivity contribution is 7.92. The first-order valence-electron chi connectivity index (χ1n) is 10.9. The number of carbonyl (C=O) groups is 1. The van der Waals surface area contributed by atoms with Gasteiger partial charge in [0.25, 0.3) is 0 Å². The molecule has 2 aliphatic rings. The minimum atomic E-state index is -3.69. The minimum Gasteiger partial charge on any atom is -0.454 e. The number of carbonyl (C=O) groups excluding carboxylic acids is 1. The zero-order chi connectivity index (χ0) is 23.6. The lowest BCUT2D eigenvalue weighted by atomic mass is 10.1. The number of anilines is 1. The minimum absolute atomic E-state index is 0.189. The highest BCUT2D eigenvalue weighted by atomic mass is 35.5. The smallest absolute Gasteiger partial charge is 0.246 e. The lowest BCUT2D eigenvalue weighted by Gasteiger charge is -2.39. The molecule has 0 spiro atoms. The molecule has 2 aromatic rings. The van der Waals surface area contributed by atoms with Crippen molar-refractivity contribution >= 4 is 33.2 Å². The van der Waals surface area contributed by atoms with E-state index in [0.29, 0.717) is 43.3 Å². The number of halogens is 1. The van der Waals surface area contributed by atoms with Gasteiger partial charge in [-0.3, -0.25) is 14.0 Å². The van der Waals surface area contributed by atoms with Crippen LogP contribution >= 0.6 is 11.6 Å². The molecule has 0 unspecified atom stereocenters. The van der Waals surface area contributed by atoms with E-state index in [1.54, 1.807) is 29.2 Å². The highest BCUT2D eigenvalue weighted by Crippen LogP contribution is 2.33. The first-order valence-corrected chi connectivity index (χ1v) is 13.1. The molecule has 0 radical (unpaired) electrons. The standard InChI is InChI=1S/C23H28ClN3O5S/c1-3-20(27(33(2,29)30)19-6-4-5-18(24)14-19)23(28)26-11-9-25(10-12-26)15-17-7-8-21-22(13-17)32-16-31-21/h4-8,13-14,20H,3,9-12,15-16H2,1-2H3/t20-/m0/s1. The molecule has 8 nitrogen and oxygen atoms in total. The van der Waals surface area contributed by atoms with Gasteiger partial charge in [0.1, 0.15) is 6.04 Å². The Bertz CT molecular complexity index is 1120. The second-order valence-electron chi connectivity index (χ2n) is 8.25. The van der Waals surface area contributed by atoms with Gasteiger partial charge < -0.3 is 14.4 Å². The molecule has 178 valence electrons. The number of amides is 1. The number of hydrogen-bond acceptors (Lipinski definition) is 6. The molecule has 4 rings (SSSR count). The van der Waals surface area contributed by atoms with Crippen molar-refractivity contribution in [2.24, 2.45) is 0 Å². The number of ether oxygens (including phenoxy) is 2. The Balaban J connectivity index is 1.43. The van der Waals surface area contributed by atoms with Crippen LogP contribution in [-0.4, -0.2) is 69.4 Å². The van der Waals surface area contributed by atoms with Gasteiger partial charge in [0.05, 0.1) is 11.9 Å². The van der Waals surface area contributed by atoms with Gasteiger partial charge in [0.15, 0.2) is 11.5 Å². The lowest BCUT2D eigenvalue weighted by molar-refractivity contribution is -0.134. The Morgan fingerprint density at radius 2 is 1.82 bits per heavy atom. The topological polar surface area (TPSA) is 79.4 Å². The Labute approximate surface area is 199 Å². The molecule has 1 atom stereocenters. The van der Waals surface area contributed by atoms with E-state index in [-0.39, 0.29) is 12.7 Å². The van der Waals surface area contributed by atoms with Crippen LogP contribution in [0.4, 0.5) is 5.69 Å². The maximum absolute atomic E-state index is 13.4. The number of hydrogen-bond donors (Lipinski definition) is 0. The molecule has 0 N–H and O–H groups in total. The van der Waals surface area contributed by atoms with Gasteiger partial charge in [0.2, 0.25) is 22.7 Å². The van der Waals surface area contributed by atoms with E-state index >= 15 is 0 Å². The van der Waals surface area contributed by atoms with Gasteiger partial charge in [-0.15, -0.1) is 0 Å². The first-order chi connectivity index (χ1) is 15.8. The van der Waals surface area contributed by atoms with E-state index in [2.05, 4.69) is 4.90 Å². The predicted molar refractivity (Wildman–Crippen MR) is 127 cm³/mol. The van der Waals surface area contributed by atoms with Crippen molar-refractivity contribution in [3.63, 3.8) is 0 Å². The predicted octanol–water partition coefficient (Wildman–Crippen LogP) is 2.96. The quantitative estimate of drug-likeness (QED) is 0.590. The molecule has 0 saturated carbocycles. The van der Waals surface area contributed by atoms with Crippen LogP contribution in [0.3, 0.4) is 0 Å². The van der Waals surface area contributed by atoms with Gasteiger partial charge in [-0.1, -0.05) is 30.7 Å². The molecule has 2 heterocycles. The fourth-order valence-corrected chi connectivity index (χ4v) is 5.67. The summed E-state index contributed by atoms with van der Waals surface area (Å²) in [5, 5.41) is 0.417. The van der Waals surface area contributed by atoms with Gasteiger partial charge in [-0.2, -0.15) is 0 Å². The average molecular weight is 494 g/mol. The number of rotatable bonds is 7. The summed E-state index contributed by atoms with van der Waals surface area (Å²) in [6.45, 7) is 5.28. The summed E-state index contributed by atoms with van der Waals surface area (Å²) >= 11 is 6.09. The Hall–Kier alpha value is -2.49. The number of sulfonamides is 1. The van der Waals surface area contributed by atoms with Crippen LogP contribution in [-0.2, 0) is 21.4 Å². The molecule has 1 fully saturated rings. The molecule has 0 bridgehead atoms. The van der Waals surface area contributed by atoms with E-state index < -0.39 is 16.1 Å². The second kappa shape index (κ2) is 9.79. The van der Waals surface area contributed by atoms with E-state index in [9.17, 15) is 13.2 Å². The monoisotopic (exact) mass is 493 g/mol. The molecular formula is C23H28ClN3O5S. The van der Waals surface area contributed by atoms with E-state index in [0.717, 1.165) is 29.9 Å². The lowest BCUT2D eigenvalue weighted by Crippen LogP contribution is -2.55. The van der Waals surface area contributed by atoms with Crippen LogP contribution in [0.1, 0.15) is 18.9 Å². The summed E-state index contributed by atoms with van der Waals surface area (Å²) in [5.74, 6) is 1.33. The summed E-state index contributed by atoms with van der Waals surface area (Å²) < 4.78 is 37.3. The zero-order valence-electron chi connectivity index (χ0n) is 18.7. The molecule has 2 aromatic carbocycles. The molecule has 1 saturated heterocycles. The van der Waals surface area contributed by atoms with Crippen LogP contribution in [0.15, 0.2) is 42.5 Å². The maximum Gasteiger partial charge on any atom is 0.246 e. The number of fused-ring (bicyclic) bond motifs is 1. The fraction of sp³-hybridized carbons (Fsp3) is 0.435. The third-order valence-corrected chi connectivity index (χ3v) is 7.32. The Kier molecular flexibility index (Phi) is 7.02. The second-order valence-corrected chi connectivity index (χ2v) is 10.5. The molecule has 1 amide bonds. The number of benzene rings is 2. The average Bonchev–Trinajstić information content (AvgIpc) is 3.24. The third kappa shape index (κ3) is 5.37. The van der Waals surface area contributed by atoms with E-state index in [4.69, 9.17) is 21.1 Å². The summed E-state index contributed by atoms with van der Waals surface area (Å²) in [5.41, 5.74) is 1.52. The van der Waals surface area contributed by atoms with Crippen molar-refractivity contribution < 1.29 is 22.7 Å². The van der Waals surface area contributed by atoms with Crippen molar-refractivity contribution in [2.45, 2.75) is 25.9 Å². The van der Waals surface area contributed by atoms with Crippen molar-refractivity contribution in [1.82, 2.24) is 9.80 Å². The van der Waals surface area contributed by atoms with Crippen LogP contribution in [0.2, 0.25) is 5.02 Å². The summed E-state index contributed by atoms with van der Waals surface area (Å²) in [6.07, 6.45) is 1.48. The fourth-order valence-electron chi connectivity index (χ4n) is 4.29. The zero-order valence-corrected chi connectivity index (χ0v) is 20.3. The molecule has 0 aromatic heterocycles. The molecule has 10 heteroatoms. The van der Waals surface area contributed by atoms with Crippen molar-refractivity contribution in [3.8, 4) is 11.5 Å².